The molecule has 1 amide bonds. The van der Waals surface area contributed by atoms with E-state index in [4.69, 9.17) is 4.42 Å². The number of furan rings is 1. The average Bonchev–Trinajstić information content (AvgIpc) is 3.41. The Balaban J connectivity index is 1.57. The molecule has 4 aromatic rings. The predicted molar refractivity (Wildman–Crippen MR) is 128 cm³/mol. The number of thiazole rings is 1. The summed E-state index contributed by atoms with van der Waals surface area (Å²) in [5.74, 6) is 0.382. The van der Waals surface area contributed by atoms with Gasteiger partial charge in [0.1, 0.15) is 5.76 Å². The van der Waals surface area contributed by atoms with Gasteiger partial charge in [-0.05, 0) is 49.7 Å². The second kappa shape index (κ2) is 9.86. The number of hydrogen-bond acceptors (Lipinski definition) is 6. The molecule has 0 fully saturated rings. The van der Waals surface area contributed by atoms with Crippen molar-refractivity contribution in [1.82, 2.24) is 14.6 Å². The number of nitrogens with one attached hydrogen (secondary N) is 1. The van der Waals surface area contributed by atoms with Gasteiger partial charge in [-0.25, -0.2) is 13.4 Å². The molecule has 2 aromatic heterocycles. The highest BCUT2D eigenvalue weighted by Gasteiger charge is 2.28. The summed E-state index contributed by atoms with van der Waals surface area (Å²) in [5, 5.41) is 3.74. The van der Waals surface area contributed by atoms with Crippen molar-refractivity contribution in [3.05, 3.63) is 83.3 Å². The van der Waals surface area contributed by atoms with Gasteiger partial charge in [0.2, 0.25) is 15.9 Å². The van der Waals surface area contributed by atoms with E-state index < -0.39 is 10.0 Å². The molecular weight excluding hydrogens is 458 g/mol. The van der Waals surface area contributed by atoms with Gasteiger partial charge in [-0.1, -0.05) is 30.3 Å². The molecular formula is C24H25N3O4S2. The number of fused-ring (bicyclic) bond motifs is 1. The summed E-state index contributed by atoms with van der Waals surface area (Å²) in [7, 11) is -3.93. The number of hydrogen-bond donors (Lipinski definition) is 1. The quantitative estimate of drug-likeness (QED) is 0.386. The molecule has 1 N–H and O–H groups in total. The molecule has 0 aliphatic heterocycles. The van der Waals surface area contributed by atoms with E-state index in [2.05, 4.69) is 10.3 Å². The third-order valence-corrected chi connectivity index (χ3v) is 7.84. The molecule has 1 atom stereocenters. The highest BCUT2D eigenvalue weighted by Crippen LogP contribution is 2.27. The third kappa shape index (κ3) is 5.68. The molecule has 0 aliphatic rings. The Morgan fingerprint density at radius 3 is 2.67 bits per heavy atom. The van der Waals surface area contributed by atoms with E-state index >= 15 is 0 Å². The molecule has 7 nitrogen and oxygen atoms in total. The Kier molecular flexibility index (Phi) is 6.92. The van der Waals surface area contributed by atoms with Crippen molar-refractivity contribution in [3.63, 3.8) is 0 Å². The molecule has 0 saturated heterocycles. The van der Waals surface area contributed by atoms with Crippen LogP contribution in [0.25, 0.3) is 10.2 Å². The molecule has 0 bridgehead atoms. The van der Waals surface area contributed by atoms with Crippen molar-refractivity contribution < 1.29 is 17.6 Å². The van der Waals surface area contributed by atoms with E-state index in [0.29, 0.717) is 6.42 Å². The lowest BCUT2D eigenvalue weighted by molar-refractivity contribution is -0.122. The van der Waals surface area contributed by atoms with Gasteiger partial charge in [-0.3, -0.25) is 4.79 Å². The summed E-state index contributed by atoms with van der Waals surface area (Å²) in [6.45, 7) is 3.54. The molecule has 0 radical (unpaired) electrons. The minimum atomic E-state index is -3.93. The molecule has 0 saturated carbocycles. The van der Waals surface area contributed by atoms with Crippen LogP contribution in [0.2, 0.25) is 0 Å². The fourth-order valence-electron chi connectivity index (χ4n) is 3.60. The summed E-state index contributed by atoms with van der Waals surface area (Å²) in [4.78, 5) is 17.4. The fraction of sp³-hybridized carbons (Fsp3) is 0.250. The molecule has 9 heteroatoms. The van der Waals surface area contributed by atoms with Crippen molar-refractivity contribution in [2.24, 2.45) is 0 Å². The van der Waals surface area contributed by atoms with Crippen molar-refractivity contribution in [2.45, 2.75) is 37.8 Å². The lowest BCUT2D eigenvalue weighted by atomic mass is 10.2. The molecule has 0 aliphatic carbocycles. The Morgan fingerprint density at radius 1 is 1.15 bits per heavy atom. The average molecular weight is 484 g/mol. The van der Waals surface area contributed by atoms with Crippen LogP contribution in [0, 0.1) is 6.92 Å². The first kappa shape index (κ1) is 23.2. The number of sulfonamides is 1. The van der Waals surface area contributed by atoms with Gasteiger partial charge in [-0.2, -0.15) is 4.31 Å². The molecule has 0 spiro atoms. The van der Waals surface area contributed by atoms with Crippen LogP contribution in [0.3, 0.4) is 0 Å². The molecule has 172 valence electrons. The first-order valence-corrected chi connectivity index (χ1v) is 12.8. The summed E-state index contributed by atoms with van der Waals surface area (Å²) in [6.07, 6.45) is 2.10. The maximum absolute atomic E-state index is 13.6. The number of carbonyl (C=O) groups is 1. The summed E-state index contributed by atoms with van der Waals surface area (Å²) in [6, 6.07) is 17.5. The zero-order chi connectivity index (χ0) is 23.4. The SMILES string of the molecule is Cc1nc2ccc(S(=O)(=O)N(CC(=O)NC(C)Cc3ccco3)Cc3ccccc3)cc2s1. The van der Waals surface area contributed by atoms with Gasteiger partial charge in [-0.15, -0.1) is 11.3 Å². The predicted octanol–water partition coefficient (Wildman–Crippen LogP) is 4.14. The second-order valence-electron chi connectivity index (χ2n) is 7.87. The molecule has 1 unspecified atom stereocenters. The third-order valence-electron chi connectivity index (χ3n) is 5.12. The number of aromatic nitrogens is 1. The first-order chi connectivity index (χ1) is 15.8. The number of aryl methyl sites for hydroxylation is 1. The van der Waals surface area contributed by atoms with E-state index in [0.717, 1.165) is 26.5 Å². The number of nitrogens with zero attached hydrogens (tertiary/aromatic N) is 2. The summed E-state index contributed by atoms with van der Waals surface area (Å²) in [5.41, 5.74) is 1.56. The topological polar surface area (TPSA) is 92.5 Å². The monoisotopic (exact) mass is 483 g/mol. The van der Waals surface area contributed by atoms with Crippen molar-refractivity contribution in [1.29, 1.82) is 0 Å². The van der Waals surface area contributed by atoms with Gasteiger partial charge >= 0.3 is 0 Å². The maximum Gasteiger partial charge on any atom is 0.243 e. The largest absolute Gasteiger partial charge is 0.469 e. The molecule has 33 heavy (non-hydrogen) atoms. The number of amides is 1. The van der Waals surface area contributed by atoms with Crippen LogP contribution in [-0.4, -0.2) is 36.2 Å². The lowest BCUT2D eigenvalue weighted by Crippen LogP contribution is -2.43. The standard InChI is InChI=1S/C24H25N3O4S2/c1-17(13-20-9-6-12-31-20)25-24(28)16-27(15-19-7-4-3-5-8-19)33(29,30)21-10-11-22-23(14-21)32-18(2)26-22/h3-12,14,17H,13,15-16H2,1-2H3,(H,25,28). The minimum absolute atomic E-state index is 0.0862. The van der Waals surface area contributed by atoms with Crippen LogP contribution < -0.4 is 5.32 Å². The second-order valence-corrected chi connectivity index (χ2v) is 11.0. The summed E-state index contributed by atoms with van der Waals surface area (Å²) < 4.78 is 34.5. The van der Waals surface area contributed by atoms with Crippen molar-refractivity contribution in [2.75, 3.05) is 6.54 Å². The van der Waals surface area contributed by atoms with Gasteiger partial charge < -0.3 is 9.73 Å². The molecule has 2 aromatic carbocycles. The van der Waals surface area contributed by atoms with Gasteiger partial charge in [0.25, 0.3) is 0 Å². The van der Waals surface area contributed by atoms with Crippen molar-refractivity contribution >= 4 is 37.5 Å². The summed E-state index contributed by atoms with van der Waals surface area (Å²) >= 11 is 1.44. The zero-order valence-corrected chi connectivity index (χ0v) is 20.0. The van der Waals surface area contributed by atoms with E-state index in [-0.39, 0.29) is 29.9 Å². The van der Waals surface area contributed by atoms with Crippen LogP contribution in [0.1, 0.15) is 23.3 Å². The first-order valence-electron chi connectivity index (χ1n) is 10.5. The Labute approximate surface area is 197 Å². The van der Waals surface area contributed by atoms with Crippen LogP contribution in [-0.2, 0) is 27.8 Å². The Hall–Kier alpha value is -3.01. The van der Waals surface area contributed by atoms with Crippen LogP contribution in [0.4, 0.5) is 0 Å². The zero-order valence-electron chi connectivity index (χ0n) is 18.4. The normalized spacial score (nSPS) is 12.8. The number of benzene rings is 2. The highest BCUT2D eigenvalue weighted by atomic mass is 32.2. The van der Waals surface area contributed by atoms with Crippen LogP contribution in [0.5, 0.6) is 0 Å². The Bertz CT molecular complexity index is 1330. The minimum Gasteiger partial charge on any atom is -0.469 e. The lowest BCUT2D eigenvalue weighted by Gasteiger charge is -2.23. The maximum atomic E-state index is 13.6. The van der Waals surface area contributed by atoms with E-state index in [9.17, 15) is 13.2 Å². The van der Waals surface area contributed by atoms with Gasteiger partial charge in [0.15, 0.2) is 0 Å². The van der Waals surface area contributed by atoms with E-state index in [1.807, 2.05) is 50.2 Å². The van der Waals surface area contributed by atoms with E-state index in [1.165, 1.54) is 15.6 Å². The van der Waals surface area contributed by atoms with Crippen LogP contribution in [0.15, 0.2) is 76.2 Å². The number of carbonyl (C=O) groups excluding carboxylic acids is 1. The van der Waals surface area contributed by atoms with Gasteiger partial charge in [0.05, 0.1) is 32.9 Å². The van der Waals surface area contributed by atoms with E-state index in [1.54, 1.807) is 30.5 Å². The number of rotatable bonds is 9. The highest BCUT2D eigenvalue weighted by molar-refractivity contribution is 7.89. The smallest absolute Gasteiger partial charge is 0.243 e. The molecule has 4 rings (SSSR count). The van der Waals surface area contributed by atoms with Gasteiger partial charge in [0, 0.05) is 19.0 Å². The van der Waals surface area contributed by atoms with Crippen molar-refractivity contribution in [3.8, 4) is 0 Å². The van der Waals surface area contributed by atoms with Crippen LogP contribution >= 0.6 is 11.3 Å². The Morgan fingerprint density at radius 2 is 1.94 bits per heavy atom. The molecule has 2 heterocycles. The fourth-order valence-corrected chi connectivity index (χ4v) is 5.96.